The lowest BCUT2D eigenvalue weighted by Gasteiger charge is -2.43. The van der Waals surface area contributed by atoms with E-state index in [-0.39, 0.29) is 5.91 Å². The molecule has 0 bridgehead atoms. The van der Waals surface area contributed by atoms with E-state index in [2.05, 4.69) is 16.8 Å². The Labute approximate surface area is 222 Å². The zero-order valence-corrected chi connectivity index (χ0v) is 22.2. The van der Waals surface area contributed by atoms with Gasteiger partial charge in [0.15, 0.2) is 0 Å². The Bertz CT molecular complexity index is 1070. The van der Waals surface area contributed by atoms with Crippen molar-refractivity contribution < 1.29 is 22.7 Å². The van der Waals surface area contributed by atoms with Crippen molar-refractivity contribution in [3.63, 3.8) is 0 Å². The number of likely N-dealkylation sites (tertiary alicyclic amines) is 1. The van der Waals surface area contributed by atoms with Crippen molar-refractivity contribution >= 4 is 17.5 Å². The van der Waals surface area contributed by atoms with Gasteiger partial charge in [-0.1, -0.05) is 23.7 Å². The molecular weight excluding hydrogens is 503 g/mol. The molecule has 4 rings (SSSR count). The summed E-state index contributed by atoms with van der Waals surface area (Å²) in [4.78, 5) is 19.8. The smallest absolute Gasteiger partial charge is 0.416 e. The van der Waals surface area contributed by atoms with Gasteiger partial charge in [-0.15, -0.1) is 0 Å². The molecule has 202 valence electrons. The number of carbonyl (C=O) groups excluding carboxylic acids is 1. The number of benzene rings is 2. The van der Waals surface area contributed by atoms with Gasteiger partial charge in [0, 0.05) is 56.1 Å². The number of alkyl halides is 3. The molecule has 2 heterocycles. The lowest BCUT2D eigenvalue weighted by Crippen LogP contribution is -2.52. The van der Waals surface area contributed by atoms with E-state index in [0.29, 0.717) is 36.9 Å². The van der Waals surface area contributed by atoms with Crippen LogP contribution >= 0.6 is 11.6 Å². The van der Waals surface area contributed by atoms with Crippen LogP contribution in [-0.2, 0) is 17.5 Å². The van der Waals surface area contributed by atoms with Gasteiger partial charge in [0.1, 0.15) is 5.75 Å². The summed E-state index contributed by atoms with van der Waals surface area (Å²) in [5, 5.41) is 0.674. The van der Waals surface area contributed by atoms with E-state index in [9.17, 15) is 18.0 Å². The molecule has 5 nitrogen and oxygen atoms in total. The molecule has 1 amide bonds. The summed E-state index contributed by atoms with van der Waals surface area (Å²) in [6, 6.07) is 10.9. The fourth-order valence-electron chi connectivity index (χ4n) is 5.25. The minimum atomic E-state index is -4.35. The van der Waals surface area contributed by atoms with Crippen molar-refractivity contribution in [1.82, 2.24) is 14.7 Å². The van der Waals surface area contributed by atoms with E-state index in [1.165, 1.54) is 0 Å². The Morgan fingerprint density at radius 3 is 2.41 bits per heavy atom. The number of piperazine rings is 1. The van der Waals surface area contributed by atoms with Crippen LogP contribution in [0, 0.1) is 12.3 Å². The number of likely N-dealkylation sites (N-methyl/N-ethyl adjacent to an activating group) is 1. The molecule has 37 heavy (non-hydrogen) atoms. The first-order valence-corrected chi connectivity index (χ1v) is 13.1. The molecule has 0 spiro atoms. The maximum atomic E-state index is 13.4. The minimum absolute atomic E-state index is 0.139. The van der Waals surface area contributed by atoms with Crippen molar-refractivity contribution in [2.75, 3.05) is 52.9 Å². The molecule has 0 aliphatic carbocycles. The van der Waals surface area contributed by atoms with Gasteiger partial charge in [-0.3, -0.25) is 9.69 Å². The van der Waals surface area contributed by atoms with Gasteiger partial charge in [-0.05, 0) is 74.8 Å². The van der Waals surface area contributed by atoms with Crippen LogP contribution in [-0.4, -0.2) is 73.5 Å². The van der Waals surface area contributed by atoms with E-state index in [0.717, 1.165) is 68.8 Å². The normalized spacial score (nSPS) is 21.7. The predicted octanol–water partition coefficient (Wildman–Crippen LogP) is 5.49. The monoisotopic (exact) mass is 537 g/mol. The van der Waals surface area contributed by atoms with Gasteiger partial charge in [-0.25, -0.2) is 0 Å². The highest BCUT2D eigenvalue weighted by atomic mass is 35.5. The second-order valence-electron chi connectivity index (χ2n) is 10.6. The summed E-state index contributed by atoms with van der Waals surface area (Å²) < 4.78 is 45.2. The van der Waals surface area contributed by atoms with Crippen LogP contribution in [0.25, 0.3) is 0 Å². The fraction of sp³-hybridized carbons (Fsp3) is 0.536. The molecular formula is C28H35ClF3N3O2. The van der Waals surface area contributed by atoms with Crippen LogP contribution in [0.3, 0.4) is 0 Å². The third-order valence-electron chi connectivity index (χ3n) is 7.48. The van der Waals surface area contributed by atoms with Crippen LogP contribution in [0.15, 0.2) is 42.5 Å². The van der Waals surface area contributed by atoms with Crippen molar-refractivity contribution in [3.05, 3.63) is 64.2 Å². The van der Waals surface area contributed by atoms with Gasteiger partial charge >= 0.3 is 6.18 Å². The number of aryl methyl sites for hydroxylation is 1. The lowest BCUT2D eigenvalue weighted by atomic mass is 9.77. The molecule has 9 heteroatoms. The van der Waals surface area contributed by atoms with Crippen LogP contribution in [0.1, 0.15) is 36.0 Å². The van der Waals surface area contributed by atoms with Gasteiger partial charge < -0.3 is 14.5 Å². The second kappa shape index (κ2) is 11.6. The van der Waals surface area contributed by atoms with Crippen LogP contribution in [0.5, 0.6) is 5.75 Å². The summed E-state index contributed by atoms with van der Waals surface area (Å²) in [6.45, 7) is 7.47. The summed E-state index contributed by atoms with van der Waals surface area (Å²) >= 11 is 6.17. The van der Waals surface area contributed by atoms with Gasteiger partial charge in [0.2, 0.25) is 5.91 Å². The average molecular weight is 538 g/mol. The highest BCUT2D eigenvalue weighted by Gasteiger charge is 2.40. The van der Waals surface area contributed by atoms with Crippen molar-refractivity contribution in [2.24, 2.45) is 5.41 Å². The van der Waals surface area contributed by atoms with Crippen molar-refractivity contribution in [3.8, 4) is 5.75 Å². The van der Waals surface area contributed by atoms with E-state index in [4.69, 9.17) is 16.3 Å². The number of rotatable bonds is 7. The maximum absolute atomic E-state index is 13.4. The minimum Gasteiger partial charge on any atom is -0.493 e. The standard InChI is InChI=1S/C28H35ClF3N3O2/c1-21-16-24(8-9-25(21)29)37-20-27(17-26(36)35-14-12-33(2)13-15-35)10-3-11-34(19-27)18-22-4-6-23(7-5-22)28(30,31)32/h4-9,16H,3,10-15,17-20H2,1-2H3/t27-/m1/s1. The molecule has 0 radical (unpaired) electrons. The molecule has 2 aromatic rings. The van der Waals surface area contributed by atoms with Crippen LogP contribution in [0.4, 0.5) is 13.2 Å². The molecule has 2 aliphatic rings. The summed E-state index contributed by atoms with van der Waals surface area (Å²) in [5.74, 6) is 0.855. The first-order chi connectivity index (χ1) is 17.5. The highest BCUT2D eigenvalue weighted by molar-refractivity contribution is 6.31. The number of piperidine rings is 1. The van der Waals surface area contributed by atoms with E-state index in [1.54, 1.807) is 12.1 Å². The third-order valence-corrected chi connectivity index (χ3v) is 7.91. The first-order valence-electron chi connectivity index (χ1n) is 12.8. The Balaban J connectivity index is 1.48. The van der Waals surface area contributed by atoms with Gasteiger partial charge in [0.05, 0.1) is 12.2 Å². The largest absolute Gasteiger partial charge is 0.493 e. The Morgan fingerprint density at radius 2 is 1.76 bits per heavy atom. The van der Waals surface area contributed by atoms with E-state index >= 15 is 0 Å². The van der Waals surface area contributed by atoms with Gasteiger partial charge in [0.25, 0.3) is 0 Å². The lowest BCUT2D eigenvalue weighted by molar-refractivity contribution is -0.138. The van der Waals surface area contributed by atoms with Gasteiger partial charge in [-0.2, -0.15) is 13.2 Å². The number of halogens is 4. The average Bonchev–Trinajstić information content (AvgIpc) is 2.85. The maximum Gasteiger partial charge on any atom is 0.416 e. The number of amides is 1. The van der Waals surface area contributed by atoms with Crippen molar-refractivity contribution in [2.45, 2.75) is 38.9 Å². The number of hydrogen-bond acceptors (Lipinski definition) is 4. The molecule has 2 aromatic carbocycles. The molecule has 0 N–H and O–H groups in total. The molecule has 2 aliphatic heterocycles. The zero-order chi connectivity index (χ0) is 26.6. The molecule has 1 atom stereocenters. The number of carbonyl (C=O) groups is 1. The fourth-order valence-corrected chi connectivity index (χ4v) is 5.36. The molecule has 0 saturated carbocycles. The van der Waals surface area contributed by atoms with E-state index < -0.39 is 17.2 Å². The van der Waals surface area contributed by atoms with Crippen LogP contribution < -0.4 is 4.74 Å². The third kappa shape index (κ3) is 7.39. The van der Waals surface area contributed by atoms with Crippen molar-refractivity contribution in [1.29, 1.82) is 0 Å². The SMILES string of the molecule is Cc1cc(OC[C@@]2(CC(=O)N3CCN(C)CC3)CCCN(Cc3ccc(C(F)(F)F)cc3)C2)ccc1Cl. The zero-order valence-electron chi connectivity index (χ0n) is 21.5. The molecule has 2 fully saturated rings. The number of ether oxygens (including phenoxy) is 1. The number of nitrogens with zero attached hydrogens (tertiary/aromatic N) is 3. The first kappa shape index (κ1) is 27.7. The Morgan fingerprint density at radius 1 is 1.05 bits per heavy atom. The summed E-state index contributed by atoms with van der Waals surface area (Å²) in [7, 11) is 2.06. The second-order valence-corrected chi connectivity index (χ2v) is 11.0. The quantitative estimate of drug-likeness (QED) is 0.468. The number of hydrogen-bond donors (Lipinski definition) is 0. The Kier molecular flexibility index (Phi) is 8.71. The molecule has 0 aromatic heterocycles. The van der Waals surface area contributed by atoms with E-state index in [1.807, 2.05) is 30.0 Å². The molecule has 0 unspecified atom stereocenters. The highest BCUT2D eigenvalue weighted by Crippen LogP contribution is 2.37. The van der Waals surface area contributed by atoms with Crippen LogP contribution in [0.2, 0.25) is 5.02 Å². The summed E-state index contributed by atoms with van der Waals surface area (Å²) in [6.07, 6.45) is -2.23. The molecule has 2 saturated heterocycles. The Hall–Kier alpha value is -2.29. The topological polar surface area (TPSA) is 36.0 Å². The summed E-state index contributed by atoms with van der Waals surface area (Å²) in [5.41, 5.74) is 0.712. The predicted molar refractivity (Wildman–Crippen MR) is 139 cm³/mol.